The van der Waals surface area contributed by atoms with Gasteiger partial charge < -0.3 is 10.6 Å². The smallest absolute Gasteiger partial charge is 0.251 e. The summed E-state index contributed by atoms with van der Waals surface area (Å²) in [6, 6.07) is 7.77. The largest absolute Gasteiger partial charge is 0.355 e. The lowest BCUT2D eigenvalue weighted by Crippen LogP contribution is -2.18. The van der Waals surface area contributed by atoms with Crippen LogP contribution >= 0.6 is 0 Å². The molecule has 0 aromatic heterocycles. The van der Waals surface area contributed by atoms with Crippen molar-refractivity contribution in [2.75, 3.05) is 13.6 Å². The highest BCUT2D eigenvalue weighted by molar-refractivity contribution is 5.93. The summed E-state index contributed by atoms with van der Waals surface area (Å²) in [6.07, 6.45) is 8.82. The van der Waals surface area contributed by atoms with Gasteiger partial charge in [-0.25, -0.2) is 0 Å². The molecule has 1 amide bonds. The van der Waals surface area contributed by atoms with E-state index in [0.29, 0.717) is 5.56 Å². The Balaban J connectivity index is 1.71. The van der Waals surface area contributed by atoms with Crippen molar-refractivity contribution in [2.45, 2.75) is 38.6 Å². The van der Waals surface area contributed by atoms with Crippen molar-refractivity contribution < 1.29 is 4.79 Å². The third kappa shape index (κ3) is 4.49. The van der Waals surface area contributed by atoms with Crippen LogP contribution in [0.4, 0.5) is 0 Å². The van der Waals surface area contributed by atoms with Crippen LogP contribution in [0.1, 0.15) is 48.0 Å². The van der Waals surface area contributed by atoms with Crippen molar-refractivity contribution >= 4 is 5.91 Å². The average molecular weight is 272 g/mol. The fraction of sp³-hybridized carbons (Fsp3) is 0.471. The Hall–Kier alpha value is -1.61. The number of carbonyl (C=O) groups is 1. The van der Waals surface area contributed by atoms with E-state index in [2.05, 4.69) is 16.7 Å². The van der Waals surface area contributed by atoms with Crippen LogP contribution in [-0.4, -0.2) is 19.5 Å². The molecule has 2 rings (SSSR count). The maximum atomic E-state index is 11.4. The lowest BCUT2D eigenvalue weighted by Gasteiger charge is -2.13. The van der Waals surface area contributed by atoms with Crippen LogP contribution in [-0.2, 0) is 6.54 Å². The average Bonchev–Trinajstić information content (AvgIpc) is 2.52. The van der Waals surface area contributed by atoms with Crippen LogP contribution in [0.15, 0.2) is 35.9 Å². The summed E-state index contributed by atoms with van der Waals surface area (Å²) in [6.45, 7) is 1.89. The van der Waals surface area contributed by atoms with Crippen LogP contribution in [0.2, 0.25) is 0 Å². The third-order valence-electron chi connectivity index (χ3n) is 3.78. The third-order valence-corrected chi connectivity index (χ3v) is 3.78. The fourth-order valence-corrected chi connectivity index (χ4v) is 2.53. The first kappa shape index (κ1) is 14.8. The monoisotopic (exact) mass is 272 g/mol. The Morgan fingerprint density at radius 3 is 2.65 bits per heavy atom. The van der Waals surface area contributed by atoms with Crippen molar-refractivity contribution in [2.24, 2.45) is 0 Å². The number of hydrogen-bond donors (Lipinski definition) is 2. The number of hydrogen-bond acceptors (Lipinski definition) is 2. The van der Waals surface area contributed by atoms with Crippen LogP contribution in [0.3, 0.4) is 0 Å². The number of amides is 1. The Morgan fingerprint density at radius 1 is 1.20 bits per heavy atom. The van der Waals surface area contributed by atoms with Crippen molar-refractivity contribution in [3.63, 3.8) is 0 Å². The summed E-state index contributed by atoms with van der Waals surface area (Å²) >= 11 is 0. The first-order valence-corrected chi connectivity index (χ1v) is 7.49. The van der Waals surface area contributed by atoms with Gasteiger partial charge in [-0.05, 0) is 56.3 Å². The van der Waals surface area contributed by atoms with E-state index in [1.54, 1.807) is 12.6 Å². The molecule has 0 spiro atoms. The molecule has 3 nitrogen and oxygen atoms in total. The predicted molar refractivity (Wildman–Crippen MR) is 82.7 cm³/mol. The lowest BCUT2D eigenvalue weighted by atomic mass is 9.97. The highest BCUT2D eigenvalue weighted by atomic mass is 16.1. The van der Waals surface area contributed by atoms with Gasteiger partial charge in [0.2, 0.25) is 0 Å². The van der Waals surface area contributed by atoms with E-state index >= 15 is 0 Å². The molecule has 2 N–H and O–H groups in total. The highest BCUT2D eigenvalue weighted by Crippen LogP contribution is 2.19. The summed E-state index contributed by atoms with van der Waals surface area (Å²) in [5, 5.41) is 6.10. The molecule has 108 valence electrons. The first-order chi connectivity index (χ1) is 9.79. The van der Waals surface area contributed by atoms with Crippen molar-refractivity contribution in [1.82, 2.24) is 10.6 Å². The van der Waals surface area contributed by atoms with Gasteiger partial charge >= 0.3 is 0 Å². The normalized spacial score (nSPS) is 14.8. The molecule has 0 saturated heterocycles. The van der Waals surface area contributed by atoms with Gasteiger partial charge in [0.25, 0.3) is 5.91 Å². The Bertz CT molecular complexity index is 462. The van der Waals surface area contributed by atoms with E-state index in [-0.39, 0.29) is 5.91 Å². The molecule has 0 atom stereocenters. The van der Waals surface area contributed by atoms with E-state index in [4.69, 9.17) is 0 Å². The molecule has 1 aliphatic rings. The number of benzene rings is 1. The SMILES string of the molecule is CNC(=O)c1ccc(CNCCC2=CCCCC2)cc1. The summed E-state index contributed by atoms with van der Waals surface area (Å²) in [5.41, 5.74) is 3.54. The number of rotatable bonds is 6. The van der Waals surface area contributed by atoms with Crippen LogP contribution < -0.4 is 10.6 Å². The molecule has 3 heteroatoms. The van der Waals surface area contributed by atoms with Gasteiger partial charge in [0.15, 0.2) is 0 Å². The molecule has 0 saturated carbocycles. The molecule has 1 aromatic rings. The van der Waals surface area contributed by atoms with Crippen LogP contribution in [0.25, 0.3) is 0 Å². The summed E-state index contributed by atoms with van der Waals surface area (Å²) in [7, 11) is 1.65. The van der Waals surface area contributed by atoms with Gasteiger partial charge in [-0.2, -0.15) is 0 Å². The van der Waals surface area contributed by atoms with Crippen molar-refractivity contribution in [3.05, 3.63) is 47.0 Å². The van der Waals surface area contributed by atoms with Crippen molar-refractivity contribution in [1.29, 1.82) is 0 Å². The first-order valence-electron chi connectivity index (χ1n) is 7.49. The van der Waals surface area contributed by atoms with Gasteiger partial charge in [0, 0.05) is 19.2 Å². The van der Waals surface area contributed by atoms with E-state index in [1.165, 1.54) is 31.2 Å². The van der Waals surface area contributed by atoms with E-state index in [1.807, 2.05) is 24.3 Å². The van der Waals surface area contributed by atoms with Gasteiger partial charge in [0.05, 0.1) is 0 Å². The van der Waals surface area contributed by atoms with Crippen molar-refractivity contribution in [3.8, 4) is 0 Å². The summed E-state index contributed by atoms with van der Waals surface area (Å²) in [4.78, 5) is 11.4. The second kappa shape index (κ2) is 7.85. The molecule has 0 fully saturated rings. The van der Waals surface area contributed by atoms with Gasteiger partial charge in [-0.15, -0.1) is 0 Å². The molecular weight excluding hydrogens is 248 g/mol. The Morgan fingerprint density at radius 2 is 2.00 bits per heavy atom. The fourth-order valence-electron chi connectivity index (χ4n) is 2.53. The quantitative estimate of drug-likeness (QED) is 0.617. The topological polar surface area (TPSA) is 41.1 Å². The lowest BCUT2D eigenvalue weighted by molar-refractivity contribution is 0.0963. The highest BCUT2D eigenvalue weighted by Gasteiger charge is 2.04. The van der Waals surface area contributed by atoms with Crippen LogP contribution in [0.5, 0.6) is 0 Å². The molecule has 1 aliphatic carbocycles. The molecule has 1 aromatic carbocycles. The minimum atomic E-state index is -0.0336. The molecule has 0 heterocycles. The zero-order chi connectivity index (χ0) is 14.2. The Kier molecular flexibility index (Phi) is 5.81. The summed E-state index contributed by atoms with van der Waals surface area (Å²) in [5.74, 6) is -0.0336. The molecule has 20 heavy (non-hydrogen) atoms. The maximum Gasteiger partial charge on any atom is 0.251 e. The van der Waals surface area contributed by atoms with E-state index in [9.17, 15) is 4.79 Å². The van der Waals surface area contributed by atoms with Gasteiger partial charge in [0.1, 0.15) is 0 Å². The molecule has 0 unspecified atom stereocenters. The number of carbonyl (C=O) groups excluding carboxylic acids is 1. The molecule has 0 aliphatic heterocycles. The zero-order valence-corrected chi connectivity index (χ0v) is 12.2. The van der Waals surface area contributed by atoms with E-state index < -0.39 is 0 Å². The number of nitrogens with one attached hydrogen (secondary N) is 2. The Labute approximate surface area is 121 Å². The standard InChI is InChI=1S/C17H24N2O/c1-18-17(20)16-9-7-15(8-10-16)13-19-12-11-14-5-3-2-4-6-14/h5,7-10,19H,2-4,6,11-13H2,1H3,(H,18,20). The van der Waals surface area contributed by atoms with E-state index in [0.717, 1.165) is 19.5 Å². The van der Waals surface area contributed by atoms with Gasteiger partial charge in [-0.1, -0.05) is 23.8 Å². The molecular formula is C17H24N2O. The summed E-state index contributed by atoms with van der Waals surface area (Å²) < 4.78 is 0. The molecule has 0 bridgehead atoms. The second-order valence-electron chi connectivity index (χ2n) is 5.31. The predicted octanol–water partition coefficient (Wildman–Crippen LogP) is 3.03. The minimum absolute atomic E-state index is 0.0336. The zero-order valence-electron chi connectivity index (χ0n) is 12.2. The molecule has 0 radical (unpaired) electrons. The minimum Gasteiger partial charge on any atom is -0.355 e. The van der Waals surface area contributed by atoms with Crippen LogP contribution in [0, 0.1) is 0 Å². The maximum absolute atomic E-state index is 11.4. The number of allylic oxidation sites excluding steroid dienone is 1. The van der Waals surface area contributed by atoms with Gasteiger partial charge in [-0.3, -0.25) is 4.79 Å². The second-order valence-corrected chi connectivity index (χ2v) is 5.31.